The number of carbonyl (C=O) groups excluding carboxylic acids is 2. The van der Waals surface area contributed by atoms with E-state index in [-0.39, 0.29) is 17.8 Å². The molecule has 3 rings (SSSR count). The molecule has 2 heterocycles. The van der Waals surface area contributed by atoms with E-state index in [9.17, 15) is 9.59 Å². The molecule has 29 heavy (non-hydrogen) atoms. The lowest BCUT2D eigenvalue weighted by molar-refractivity contribution is 0.0161. The zero-order chi connectivity index (χ0) is 20.9. The summed E-state index contributed by atoms with van der Waals surface area (Å²) in [5, 5.41) is 6.86. The summed E-state index contributed by atoms with van der Waals surface area (Å²) in [6, 6.07) is 11.2. The second kappa shape index (κ2) is 9.11. The largest absolute Gasteiger partial charge is 0.444 e. The highest BCUT2D eigenvalue weighted by Crippen LogP contribution is 2.22. The van der Waals surface area contributed by atoms with Crippen molar-refractivity contribution < 1.29 is 18.8 Å². The number of likely N-dealkylation sites (tertiary alicyclic amines) is 1. The van der Waals surface area contributed by atoms with Crippen LogP contribution in [0.5, 0.6) is 0 Å². The van der Waals surface area contributed by atoms with Gasteiger partial charge in [-0.15, -0.1) is 0 Å². The molecule has 2 amide bonds. The van der Waals surface area contributed by atoms with E-state index in [0.717, 1.165) is 31.4 Å². The maximum absolute atomic E-state index is 12.3. The minimum atomic E-state index is -0.492. The van der Waals surface area contributed by atoms with Gasteiger partial charge in [0.05, 0.1) is 0 Å². The molecular weight excluding hydrogens is 370 g/mol. The molecule has 7 nitrogen and oxygen atoms in total. The van der Waals surface area contributed by atoms with E-state index >= 15 is 0 Å². The van der Waals surface area contributed by atoms with Crippen LogP contribution in [0.25, 0.3) is 11.3 Å². The third-order valence-electron chi connectivity index (χ3n) is 4.81. The molecule has 0 spiro atoms. The van der Waals surface area contributed by atoms with Crippen LogP contribution in [-0.4, -0.2) is 47.3 Å². The Hall–Kier alpha value is -2.83. The highest BCUT2D eigenvalue weighted by molar-refractivity contribution is 5.92. The van der Waals surface area contributed by atoms with Crippen LogP contribution in [0, 0.1) is 5.92 Å². The van der Waals surface area contributed by atoms with Crippen LogP contribution in [0.3, 0.4) is 0 Å². The molecule has 1 aliphatic heterocycles. The number of rotatable bonds is 5. The van der Waals surface area contributed by atoms with Gasteiger partial charge in [-0.2, -0.15) is 0 Å². The van der Waals surface area contributed by atoms with Crippen molar-refractivity contribution in [2.45, 2.75) is 45.6 Å². The van der Waals surface area contributed by atoms with Crippen LogP contribution in [-0.2, 0) is 4.74 Å². The lowest BCUT2D eigenvalue weighted by Crippen LogP contribution is -2.43. The maximum Gasteiger partial charge on any atom is 0.410 e. The molecule has 1 unspecified atom stereocenters. The summed E-state index contributed by atoms with van der Waals surface area (Å²) in [5.41, 5.74) is 1.05. The topological polar surface area (TPSA) is 84.7 Å². The van der Waals surface area contributed by atoms with Gasteiger partial charge in [0, 0.05) is 31.3 Å². The van der Waals surface area contributed by atoms with Crippen molar-refractivity contribution in [1.82, 2.24) is 15.4 Å². The van der Waals surface area contributed by atoms with Gasteiger partial charge in [0.1, 0.15) is 11.3 Å². The third kappa shape index (κ3) is 6.07. The van der Waals surface area contributed by atoms with Gasteiger partial charge in [-0.1, -0.05) is 35.5 Å². The van der Waals surface area contributed by atoms with Gasteiger partial charge in [-0.05, 0) is 46.0 Å². The van der Waals surface area contributed by atoms with Crippen molar-refractivity contribution in [1.29, 1.82) is 0 Å². The van der Waals surface area contributed by atoms with Crippen molar-refractivity contribution in [2.24, 2.45) is 5.92 Å². The second-order valence-electron chi connectivity index (χ2n) is 8.42. The average Bonchev–Trinajstić information content (AvgIpc) is 3.18. The summed E-state index contributed by atoms with van der Waals surface area (Å²) in [4.78, 5) is 26.4. The number of aromatic nitrogens is 1. The van der Waals surface area contributed by atoms with E-state index in [1.807, 2.05) is 51.1 Å². The first-order chi connectivity index (χ1) is 13.8. The summed E-state index contributed by atoms with van der Waals surface area (Å²) < 4.78 is 10.6. The molecule has 1 atom stereocenters. The number of amides is 2. The molecule has 1 aromatic carbocycles. The van der Waals surface area contributed by atoms with Crippen LogP contribution in [0.4, 0.5) is 4.79 Å². The zero-order valence-corrected chi connectivity index (χ0v) is 17.3. The first-order valence-electron chi connectivity index (χ1n) is 10.1. The van der Waals surface area contributed by atoms with Gasteiger partial charge in [-0.3, -0.25) is 4.79 Å². The standard InChI is InChI=1S/C22H29N3O4/c1-22(2,3)28-21(27)25-13-7-8-16(15-25)11-12-23-20(26)19-14-18(24-29-19)17-9-5-4-6-10-17/h4-6,9-10,14,16H,7-8,11-13,15H2,1-3H3,(H,23,26). The Morgan fingerprint density at radius 1 is 1.28 bits per heavy atom. The molecule has 1 aromatic heterocycles. The van der Waals surface area contributed by atoms with Gasteiger partial charge in [0.25, 0.3) is 5.91 Å². The molecule has 1 aliphatic rings. The Kier molecular flexibility index (Phi) is 6.56. The van der Waals surface area contributed by atoms with Crippen LogP contribution < -0.4 is 5.32 Å². The number of nitrogens with one attached hydrogen (secondary N) is 1. The molecule has 1 N–H and O–H groups in total. The molecule has 1 fully saturated rings. The predicted molar refractivity (Wildman–Crippen MR) is 109 cm³/mol. The van der Waals surface area contributed by atoms with Crippen molar-refractivity contribution in [2.75, 3.05) is 19.6 Å². The number of nitrogens with zero attached hydrogens (tertiary/aromatic N) is 2. The number of benzene rings is 1. The van der Waals surface area contributed by atoms with E-state index in [1.54, 1.807) is 11.0 Å². The molecule has 2 aromatic rings. The van der Waals surface area contributed by atoms with Gasteiger partial charge < -0.3 is 19.5 Å². The fourth-order valence-electron chi connectivity index (χ4n) is 3.40. The minimum Gasteiger partial charge on any atom is -0.444 e. The zero-order valence-electron chi connectivity index (χ0n) is 17.3. The Bertz CT molecular complexity index is 826. The maximum atomic E-state index is 12.3. The Morgan fingerprint density at radius 3 is 2.76 bits per heavy atom. The quantitative estimate of drug-likeness (QED) is 0.818. The SMILES string of the molecule is CC(C)(C)OC(=O)N1CCCC(CCNC(=O)c2cc(-c3ccccc3)no2)C1. The fraction of sp³-hybridized carbons (Fsp3) is 0.500. The number of ether oxygens (including phenoxy) is 1. The van der Waals surface area contributed by atoms with E-state index in [2.05, 4.69) is 10.5 Å². The van der Waals surface area contributed by atoms with Crippen LogP contribution in [0.1, 0.15) is 50.6 Å². The normalized spacial score (nSPS) is 17.1. The minimum absolute atomic E-state index is 0.197. The third-order valence-corrected chi connectivity index (χ3v) is 4.81. The first kappa shape index (κ1) is 20.9. The van der Waals surface area contributed by atoms with E-state index in [0.29, 0.717) is 24.7 Å². The first-order valence-corrected chi connectivity index (χ1v) is 10.1. The summed E-state index contributed by atoms with van der Waals surface area (Å²) in [6.45, 7) is 7.51. The van der Waals surface area contributed by atoms with E-state index < -0.39 is 5.60 Å². The lowest BCUT2D eigenvalue weighted by atomic mass is 9.95. The molecule has 1 saturated heterocycles. The molecule has 0 saturated carbocycles. The molecule has 0 bridgehead atoms. The Labute approximate surface area is 171 Å². The molecule has 0 radical (unpaired) electrons. The van der Waals surface area contributed by atoms with Crippen LogP contribution in [0.2, 0.25) is 0 Å². The van der Waals surface area contributed by atoms with Crippen LogP contribution >= 0.6 is 0 Å². The fourth-order valence-corrected chi connectivity index (χ4v) is 3.40. The lowest BCUT2D eigenvalue weighted by Gasteiger charge is -2.34. The highest BCUT2D eigenvalue weighted by Gasteiger charge is 2.27. The van der Waals surface area contributed by atoms with Crippen molar-refractivity contribution >= 4 is 12.0 Å². The number of hydrogen-bond donors (Lipinski definition) is 1. The van der Waals surface area contributed by atoms with Crippen molar-refractivity contribution in [3.05, 3.63) is 42.2 Å². The number of piperidine rings is 1. The van der Waals surface area contributed by atoms with Gasteiger partial charge in [0.2, 0.25) is 5.76 Å². The van der Waals surface area contributed by atoms with Gasteiger partial charge in [-0.25, -0.2) is 4.79 Å². The Balaban J connectivity index is 1.45. The summed E-state index contributed by atoms with van der Waals surface area (Å²) >= 11 is 0. The van der Waals surface area contributed by atoms with E-state index in [1.165, 1.54) is 0 Å². The average molecular weight is 399 g/mol. The molecular formula is C22H29N3O4. The summed E-state index contributed by atoms with van der Waals surface area (Å²) in [5.74, 6) is 0.258. The monoisotopic (exact) mass is 399 g/mol. The molecule has 156 valence electrons. The van der Waals surface area contributed by atoms with Gasteiger partial charge >= 0.3 is 6.09 Å². The number of carbonyl (C=O) groups is 2. The predicted octanol–water partition coefficient (Wildman–Crippen LogP) is 4.11. The van der Waals surface area contributed by atoms with Crippen LogP contribution in [0.15, 0.2) is 40.9 Å². The van der Waals surface area contributed by atoms with Gasteiger partial charge in [0.15, 0.2) is 0 Å². The Morgan fingerprint density at radius 2 is 2.03 bits per heavy atom. The summed E-state index contributed by atoms with van der Waals surface area (Å²) in [6.07, 6.45) is 2.52. The molecule has 7 heteroatoms. The van der Waals surface area contributed by atoms with E-state index in [4.69, 9.17) is 9.26 Å². The molecule has 0 aliphatic carbocycles. The highest BCUT2D eigenvalue weighted by atomic mass is 16.6. The smallest absolute Gasteiger partial charge is 0.410 e. The number of hydrogen-bond acceptors (Lipinski definition) is 5. The van der Waals surface area contributed by atoms with Crippen molar-refractivity contribution in [3.63, 3.8) is 0 Å². The summed E-state index contributed by atoms with van der Waals surface area (Å²) in [7, 11) is 0. The van der Waals surface area contributed by atoms with Crippen molar-refractivity contribution in [3.8, 4) is 11.3 Å². The second-order valence-corrected chi connectivity index (χ2v) is 8.42.